The Morgan fingerprint density at radius 3 is 2.75 bits per heavy atom. The number of rotatable bonds is 2. The highest BCUT2D eigenvalue weighted by Gasteiger charge is 2.05. The highest BCUT2D eigenvalue weighted by Crippen LogP contribution is 2.20. The lowest BCUT2D eigenvalue weighted by Gasteiger charge is -2.10. The van der Waals surface area contributed by atoms with Crippen LogP contribution in [0.4, 0.5) is 5.82 Å². The molecule has 0 amide bonds. The largest absolute Gasteiger partial charge is 0.368 e. The van der Waals surface area contributed by atoms with E-state index in [2.05, 4.69) is 16.4 Å². The van der Waals surface area contributed by atoms with Gasteiger partial charge in [-0.2, -0.15) is 5.26 Å². The van der Waals surface area contributed by atoms with Gasteiger partial charge in [-0.15, -0.1) is 0 Å². The van der Waals surface area contributed by atoms with Crippen LogP contribution in [0.3, 0.4) is 0 Å². The molecule has 0 saturated heterocycles. The van der Waals surface area contributed by atoms with E-state index in [1.807, 2.05) is 38.1 Å². The Labute approximate surface area is 94.7 Å². The van der Waals surface area contributed by atoms with Crippen molar-refractivity contribution >= 4 is 16.7 Å². The minimum absolute atomic E-state index is 0.306. The quantitative estimate of drug-likeness (QED) is 0.830. The van der Waals surface area contributed by atoms with Crippen molar-refractivity contribution in [1.29, 1.82) is 5.26 Å². The lowest BCUT2D eigenvalue weighted by atomic mass is 10.1. The van der Waals surface area contributed by atoms with Gasteiger partial charge >= 0.3 is 0 Å². The van der Waals surface area contributed by atoms with Crippen LogP contribution < -0.4 is 5.32 Å². The Balaban J connectivity index is 2.60. The molecule has 2 aromatic rings. The fraction of sp³-hybridized carbons (Fsp3) is 0.231. The molecule has 0 spiro atoms. The third-order valence-electron chi connectivity index (χ3n) is 2.27. The van der Waals surface area contributed by atoms with Gasteiger partial charge in [0.1, 0.15) is 5.82 Å². The zero-order valence-corrected chi connectivity index (χ0v) is 9.36. The fourth-order valence-electron chi connectivity index (χ4n) is 1.64. The van der Waals surface area contributed by atoms with Crippen molar-refractivity contribution in [3.8, 4) is 6.07 Å². The molecule has 0 unspecified atom stereocenters. The molecule has 3 heteroatoms. The number of hydrogen-bond acceptors (Lipinski definition) is 3. The summed E-state index contributed by atoms with van der Waals surface area (Å²) in [6, 6.07) is 12.0. The first-order valence-corrected chi connectivity index (χ1v) is 5.27. The molecule has 3 nitrogen and oxygen atoms in total. The van der Waals surface area contributed by atoms with Crippen LogP contribution in [0.1, 0.15) is 19.4 Å². The maximum absolute atomic E-state index is 9.09. The molecule has 1 heterocycles. The number of nitrogens with zero attached hydrogens (tertiary/aromatic N) is 2. The lowest BCUT2D eigenvalue weighted by Crippen LogP contribution is -2.11. The molecule has 0 aliphatic rings. The first-order valence-electron chi connectivity index (χ1n) is 5.27. The summed E-state index contributed by atoms with van der Waals surface area (Å²) < 4.78 is 0. The van der Waals surface area contributed by atoms with Gasteiger partial charge in [0.15, 0.2) is 0 Å². The van der Waals surface area contributed by atoms with Gasteiger partial charge < -0.3 is 5.32 Å². The standard InChI is InChI=1S/C13H13N3/c1-9(2)15-13-7-10(8-14)11-5-3-4-6-12(11)16-13/h3-7,9H,1-2H3,(H,15,16). The van der Waals surface area contributed by atoms with Gasteiger partial charge in [0.05, 0.1) is 17.1 Å². The average Bonchev–Trinajstić information content (AvgIpc) is 2.27. The predicted molar refractivity (Wildman–Crippen MR) is 65.2 cm³/mol. The minimum Gasteiger partial charge on any atom is -0.368 e. The zero-order chi connectivity index (χ0) is 11.5. The molecule has 0 radical (unpaired) electrons. The Bertz CT molecular complexity index is 553. The summed E-state index contributed by atoms with van der Waals surface area (Å²) >= 11 is 0. The third kappa shape index (κ3) is 1.96. The average molecular weight is 211 g/mol. The van der Waals surface area contributed by atoms with Gasteiger partial charge in [-0.3, -0.25) is 0 Å². The molecule has 16 heavy (non-hydrogen) atoms. The van der Waals surface area contributed by atoms with Gasteiger partial charge in [-0.1, -0.05) is 18.2 Å². The molecule has 0 aliphatic carbocycles. The minimum atomic E-state index is 0.306. The van der Waals surface area contributed by atoms with Gasteiger partial charge in [0, 0.05) is 11.4 Å². The highest BCUT2D eigenvalue weighted by atomic mass is 15.0. The number of nitriles is 1. The van der Waals surface area contributed by atoms with Gasteiger partial charge in [0.25, 0.3) is 0 Å². The molecule has 0 saturated carbocycles. The summed E-state index contributed by atoms with van der Waals surface area (Å²) in [6.07, 6.45) is 0. The summed E-state index contributed by atoms with van der Waals surface area (Å²) in [5.74, 6) is 0.755. The summed E-state index contributed by atoms with van der Waals surface area (Å²) in [6.45, 7) is 4.09. The van der Waals surface area contributed by atoms with Gasteiger partial charge in [0.2, 0.25) is 0 Å². The number of anilines is 1. The van der Waals surface area contributed by atoms with Crippen LogP contribution in [-0.4, -0.2) is 11.0 Å². The van der Waals surface area contributed by atoms with E-state index in [1.54, 1.807) is 6.07 Å². The van der Waals surface area contributed by atoms with E-state index in [1.165, 1.54) is 0 Å². The SMILES string of the molecule is CC(C)Nc1cc(C#N)c2ccccc2n1. The van der Waals surface area contributed by atoms with Crippen LogP contribution >= 0.6 is 0 Å². The second kappa shape index (κ2) is 4.19. The first-order chi connectivity index (χ1) is 7.70. The Morgan fingerprint density at radius 1 is 1.31 bits per heavy atom. The molecule has 80 valence electrons. The molecule has 0 bridgehead atoms. The van der Waals surface area contributed by atoms with E-state index in [-0.39, 0.29) is 0 Å². The van der Waals surface area contributed by atoms with Crippen molar-refractivity contribution in [3.63, 3.8) is 0 Å². The van der Waals surface area contributed by atoms with Crippen LogP contribution in [0.25, 0.3) is 10.9 Å². The van der Waals surface area contributed by atoms with Crippen LogP contribution in [0.5, 0.6) is 0 Å². The molecule has 2 rings (SSSR count). The van der Waals surface area contributed by atoms with Gasteiger partial charge in [-0.25, -0.2) is 4.98 Å². The van der Waals surface area contributed by atoms with E-state index in [4.69, 9.17) is 5.26 Å². The van der Waals surface area contributed by atoms with E-state index < -0.39 is 0 Å². The Hall–Kier alpha value is -2.08. The molecule has 1 N–H and O–H groups in total. The summed E-state index contributed by atoms with van der Waals surface area (Å²) in [5, 5.41) is 13.2. The number of para-hydroxylation sites is 1. The first kappa shape index (κ1) is 10.4. The van der Waals surface area contributed by atoms with Crippen LogP contribution in [0, 0.1) is 11.3 Å². The van der Waals surface area contributed by atoms with E-state index >= 15 is 0 Å². The van der Waals surface area contributed by atoms with Crippen molar-refractivity contribution in [1.82, 2.24) is 4.98 Å². The van der Waals surface area contributed by atoms with Crippen molar-refractivity contribution in [2.45, 2.75) is 19.9 Å². The molecule has 1 aromatic carbocycles. The smallest absolute Gasteiger partial charge is 0.128 e. The highest BCUT2D eigenvalue weighted by molar-refractivity contribution is 5.86. The van der Waals surface area contributed by atoms with Crippen molar-refractivity contribution in [2.75, 3.05) is 5.32 Å². The van der Waals surface area contributed by atoms with Crippen LogP contribution in [0.15, 0.2) is 30.3 Å². The zero-order valence-electron chi connectivity index (χ0n) is 9.36. The second-order valence-corrected chi connectivity index (χ2v) is 3.98. The normalized spacial score (nSPS) is 10.4. The van der Waals surface area contributed by atoms with E-state index in [0.717, 1.165) is 16.7 Å². The second-order valence-electron chi connectivity index (χ2n) is 3.98. The van der Waals surface area contributed by atoms with Crippen LogP contribution in [-0.2, 0) is 0 Å². The summed E-state index contributed by atoms with van der Waals surface area (Å²) in [5.41, 5.74) is 1.51. The lowest BCUT2D eigenvalue weighted by molar-refractivity contribution is 0.891. The van der Waals surface area contributed by atoms with Crippen molar-refractivity contribution in [2.24, 2.45) is 0 Å². The fourth-order valence-corrected chi connectivity index (χ4v) is 1.64. The van der Waals surface area contributed by atoms with E-state index in [9.17, 15) is 0 Å². The number of nitrogens with one attached hydrogen (secondary N) is 1. The topological polar surface area (TPSA) is 48.7 Å². The van der Waals surface area contributed by atoms with Crippen molar-refractivity contribution in [3.05, 3.63) is 35.9 Å². The molecule has 0 aliphatic heterocycles. The molecule has 0 fully saturated rings. The van der Waals surface area contributed by atoms with Crippen molar-refractivity contribution < 1.29 is 0 Å². The predicted octanol–water partition coefficient (Wildman–Crippen LogP) is 2.93. The molecule has 1 aromatic heterocycles. The number of fused-ring (bicyclic) bond motifs is 1. The molecular formula is C13H13N3. The van der Waals surface area contributed by atoms with E-state index in [0.29, 0.717) is 11.6 Å². The number of aromatic nitrogens is 1. The maximum Gasteiger partial charge on any atom is 0.128 e. The number of pyridine rings is 1. The molecular weight excluding hydrogens is 198 g/mol. The monoisotopic (exact) mass is 211 g/mol. The number of hydrogen-bond donors (Lipinski definition) is 1. The summed E-state index contributed by atoms with van der Waals surface area (Å²) in [4.78, 5) is 4.46. The third-order valence-corrected chi connectivity index (χ3v) is 2.27. The number of benzene rings is 1. The van der Waals surface area contributed by atoms with Gasteiger partial charge in [-0.05, 0) is 26.0 Å². The van der Waals surface area contributed by atoms with Crippen LogP contribution in [0.2, 0.25) is 0 Å². The summed E-state index contributed by atoms with van der Waals surface area (Å²) in [7, 11) is 0. The molecule has 0 atom stereocenters. The Morgan fingerprint density at radius 2 is 2.06 bits per heavy atom. The Kier molecular flexibility index (Phi) is 2.74. The maximum atomic E-state index is 9.09.